The molecule has 1 saturated heterocycles. The molecule has 1 amide bonds. The molecule has 5 nitrogen and oxygen atoms in total. The molecule has 1 atom stereocenters. The van der Waals surface area contributed by atoms with E-state index in [2.05, 4.69) is 22.5 Å². The van der Waals surface area contributed by atoms with Crippen molar-refractivity contribution in [2.45, 2.75) is 6.04 Å². The highest BCUT2D eigenvalue weighted by molar-refractivity contribution is 9.10. The van der Waals surface area contributed by atoms with Gasteiger partial charge in [0.2, 0.25) is 0 Å². The smallest absolute Gasteiger partial charge is 0.295 e. The number of likely N-dealkylation sites (tertiary alicyclic amines) is 1. The van der Waals surface area contributed by atoms with E-state index in [4.69, 9.17) is 0 Å². The summed E-state index contributed by atoms with van der Waals surface area (Å²) in [4.78, 5) is 28.8. The number of nitrogens with zero attached hydrogens (tertiary/aromatic N) is 2. The number of anilines is 1. The fraction of sp³-hybridized carbons (Fsp3) is 0.182. The molecule has 28 heavy (non-hydrogen) atoms. The van der Waals surface area contributed by atoms with E-state index in [1.165, 1.54) is 4.90 Å². The first kappa shape index (κ1) is 19.9. The lowest BCUT2D eigenvalue weighted by Gasteiger charge is -2.24. The number of aliphatic hydroxyl groups excluding tert-OH is 1. The van der Waals surface area contributed by atoms with Crippen LogP contribution in [-0.4, -0.2) is 42.3 Å². The minimum Gasteiger partial charge on any atom is -0.507 e. The van der Waals surface area contributed by atoms with E-state index in [9.17, 15) is 14.7 Å². The highest BCUT2D eigenvalue weighted by Crippen LogP contribution is 2.39. The number of carbonyl (C=O) groups excluding carboxylic acids is 2. The maximum atomic E-state index is 12.8. The van der Waals surface area contributed by atoms with Crippen LogP contribution in [0.15, 0.2) is 71.2 Å². The highest BCUT2D eigenvalue weighted by Gasteiger charge is 2.45. The number of aliphatic hydroxyl groups is 1. The predicted octanol–water partition coefficient (Wildman–Crippen LogP) is 4.12. The lowest BCUT2D eigenvalue weighted by molar-refractivity contribution is -0.139. The first-order valence-electron chi connectivity index (χ1n) is 8.77. The molecule has 0 spiro atoms. The van der Waals surface area contributed by atoms with Gasteiger partial charge < -0.3 is 14.9 Å². The highest BCUT2D eigenvalue weighted by atomic mass is 79.9. The van der Waals surface area contributed by atoms with Crippen LogP contribution in [-0.2, 0) is 9.59 Å². The topological polar surface area (TPSA) is 60.9 Å². The zero-order chi connectivity index (χ0) is 20.4. The van der Waals surface area contributed by atoms with Crippen molar-refractivity contribution in [3.05, 3.63) is 82.4 Å². The van der Waals surface area contributed by atoms with E-state index < -0.39 is 17.7 Å². The van der Waals surface area contributed by atoms with Gasteiger partial charge in [0.25, 0.3) is 11.7 Å². The van der Waals surface area contributed by atoms with Crippen LogP contribution in [0.5, 0.6) is 0 Å². The second kappa shape index (κ2) is 8.02. The van der Waals surface area contributed by atoms with Gasteiger partial charge >= 0.3 is 0 Å². The molecule has 1 fully saturated rings. The van der Waals surface area contributed by atoms with Gasteiger partial charge in [-0.05, 0) is 29.8 Å². The van der Waals surface area contributed by atoms with Gasteiger partial charge in [-0.3, -0.25) is 9.59 Å². The van der Waals surface area contributed by atoms with E-state index in [0.29, 0.717) is 5.56 Å². The number of ketones is 1. The SMILES string of the molecule is C=CCN1C(=O)C(=O)C(=C(O)c2ccc(Br)cc2)[C@@H]1c1ccc(N(C)C)cc1. The van der Waals surface area contributed by atoms with Gasteiger partial charge in [0, 0.05) is 36.4 Å². The van der Waals surface area contributed by atoms with Crippen molar-refractivity contribution in [1.82, 2.24) is 4.90 Å². The minimum atomic E-state index is -0.691. The summed E-state index contributed by atoms with van der Waals surface area (Å²) in [7, 11) is 3.87. The molecule has 0 bridgehead atoms. The molecule has 1 heterocycles. The second-order valence-corrected chi connectivity index (χ2v) is 7.65. The molecule has 0 radical (unpaired) electrons. The third-order valence-electron chi connectivity index (χ3n) is 4.71. The van der Waals surface area contributed by atoms with Crippen molar-refractivity contribution in [1.29, 1.82) is 0 Å². The van der Waals surface area contributed by atoms with Crippen LogP contribution in [0.25, 0.3) is 5.76 Å². The van der Waals surface area contributed by atoms with Gasteiger partial charge in [0.05, 0.1) is 11.6 Å². The van der Waals surface area contributed by atoms with Gasteiger partial charge in [0.1, 0.15) is 5.76 Å². The van der Waals surface area contributed by atoms with E-state index in [-0.39, 0.29) is 17.9 Å². The Balaban J connectivity index is 2.15. The lowest BCUT2D eigenvalue weighted by atomic mass is 9.95. The molecule has 2 aromatic carbocycles. The van der Waals surface area contributed by atoms with E-state index in [1.807, 2.05) is 43.3 Å². The molecule has 1 N–H and O–H groups in total. The Morgan fingerprint density at radius 3 is 2.29 bits per heavy atom. The van der Waals surface area contributed by atoms with Crippen molar-refractivity contribution >= 4 is 39.1 Å². The average molecular weight is 441 g/mol. The van der Waals surface area contributed by atoms with Crippen molar-refractivity contribution in [2.24, 2.45) is 0 Å². The number of hydrogen-bond acceptors (Lipinski definition) is 4. The molecule has 144 valence electrons. The molecule has 2 aromatic rings. The number of halogens is 1. The summed E-state index contributed by atoms with van der Waals surface area (Å²) in [5.41, 5.74) is 2.32. The average Bonchev–Trinajstić information content (AvgIpc) is 2.93. The summed E-state index contributed by atoms with van der Waals surface area (Å²) in [5.74, 6) is -1.51. The van der Waals surface area contributed by atoms with Crippen LogP contribution in [0.3, 0.4) is 0 Å². The van der Waals surface area contributed by atoms with Gasteiger partial charge in [0.15, 0.2) is 0 Å². The number of amides is 1. The number of carbonyl (C=O) groups is 2. The molecule has 1 aliphatic heterocycles. The molecule has 0 saturated carbocycles. The standard InChI is InChI=1S/C22H21BrN2O3/c1-4-13-25-19(14-7-11-17(12-8-14)24(2)3)18(21(27)22(25)28)20(26)15-5-9-16(23)10-6-15/h4-12,19,26H,1,13H2,2-3H3/t19-/m0/s1. The Bertz CT molecular complexity index is 947. The first-order chi connectivity index (χ1) is 13.3. The lowest BCUT2D eigenvalue weighted by Crippen LogP contribution is -2.29. The van der Waals surface area contributed by atoms with Gasteiger partial charge in [-0.15, -0.1) is 6.58 Å². The maximum Gasteiger partial charge on any atom is 0.295 e. The molecule has 3 rings (SSSR count). The Hall–Kier alpha value is -2.86. The number of rotatable bonds is 5. The molecular formula is C22H21BrN2O3. The third kappa shape index (κ3) is 3.60. The summed E-state index contributed by atoms with van der Waals surface area (Å²) in [6.07, 6.45) is 1.58. The minimum absolute atomic E-state index is 0.0896. The largest absolute Gasteiger partial charge is 0.507 e. The zero-order valence-electron chi connectivity index (χ0n) is 15.7. The molecule has 0 aromatic heterocycles. The number of benzene rings is 2. The third-order valence-corrected chi connectivity index (χ3v) is 5.24. The Labute approximate surface area is 172 Å². The summed E-state index contributed by atoms with van der Waals surface area (Å²) in [5, 5.41) is 10.9. The Morgan fingerprint density at radius 1 is 1.14 bits per heavy atom. The molecular weight excluding hydrogens is 420 g/mol. The fourth-order valence-electron chi connectivity index (χ4n) is 3.27. The van der Waals surface area contributed by atoms with Crippen LogP contribution in [0.1, 0.15) is 17.2 Å². The molecule has 0 unspecified atom stereocenters. The van der Waals surface area contributed by atoms with Crippen LogP contribution < -0.4 is 4.90 Å². The van der Waals surface area contributed by atoms with Crippen molar-refractivity contribution < 1.29 is 14.7 Å². The van der Waals surface area contributed by atoms with Crippen LogP contribution in [0.2, 0.25) is 0 Å². The van der Waals surface area contributed by atoms with Crippen molar-refractivity contribution in [2.75, 3.05) is 25.5 Å². The maximum absolute atomic E-state index is 12.8. The number of Topliss-reactive ketones (excluding diaryl/α,β-unsaturated/α-hetero) is 1. The van der Waals surface area contributed by atoms with E-state index >= 15 is 0 Å². The van der Waals surface area contributed by atoms with Gasteiger partial charge in [-0.1, -0.05) is 46.3 Å². The van der Waals surface area contributed by atoms with Crippen LogP contribution in [0, 0.1) is 0 Å². The van der Waals surface area contributed by atoms with E-state index in [0.717, 1.165) is 15.7 Å². The summed E-state index contributed by atoms with van der Waals surface area (Å²) < 4.78 is 0.854. The number of hydrogen-bond donors (Lipinski definition) is 1. The predicted molar refractivity (Wildman–Crippen MR) is 114 cm³/mol. The summed E-state index contributed by atoms with van der Waals surface area (Å²) in [6.45, 7) is 3.90. The van der Waals surface area contributed by atoms with Crippen molar-refractivity contribution in [3.63, 3.8) is 0 Å². The van der Waals surface area contributed by atoms with Crippen molar-refractivity contribution in [3.8, 4) is 0 Å². The van der Waals surface area contributed by atoms with Gasteiger partial charge in [-0.25, -0.2) is 0 Å². The van der Waals surface area contributed by atoms with Crippen LogP contribution >= 0.6 is 15.9 Å². The summed E-state index contributed by atoms with van der Waals surface area (Å²) >= 11 is 3.35. The molecule has 6 heteroatoms. The molecule has 0 aliphatic carbocycles. The zero-order valence-corrected chi connectivity index (χ0v) is 17.3. The monoisotopic (exact) mass is 440 g/mol. The Morgan fingerprint density at radius 2 is 1.75 bits per heavy atom. The Kier molecular flexibility index (Phi) is 5.70. The fourth-order valence-corrected chi connectivity index (χ4v) is 3.54. The summed E-state index contributed by atoms with van der Waals surface area (Å²) in [6, 6.07) is 13.9. The first-order valence-corrected chi connectivity index (χ1v) is 9.57. The van der Waals surface area contributed by atoms with Gasteiger partial charge in [-0.2, -0.15) is 0 Å². The normalized spacial score (nSPS) is 18.4. The quantitative estimate of drug-likeness (QED) is 0.328. The van der Waals surface area contributed by atoms with Crippen LogP contribution in [0.4, 0.5) is 5.69 Å². The molecule has 1 aliphatic rings. The van der Waals surface area contributed by atoms with E-state index in [1.54, 1.807) is 30.3 Å². The second-order valence-electron chi connectivity index (χ2n) is 6.73.